The largest absolute Gasteiger partial charge is 0.322 e. The number of benzene rings is 3. The van der Waals surface area contributed by atoms with Gasteiger partial charge in [-0.2, -0.15) is 0 Å². The Morgan fingerprint density at radius 3 is 2.33 bits per heavy atom. The molecule has 1 aliphatic carbocycles. The first-order valence-corrected chi connectivity index (χ1v) is 15.6. The van der Waals surface area contributed by atoms with Gasteiger partial charge in [-0.1, -0.05) is 57.7 Å². The van der Waals surface area contributed by atoms with Crippen molar-refractivity contribution in [2.24, 2.45) is 13.0 Å². The lowest BCUT2D eigenvalue weighted by molar-refractivity contribution is -0.111. The molecule has 46 heavy (non-hydrogen) atoms. The summed E-state index contributed by atoms with van der Waals surface area (Å²) in [5.41, 5.74) is 7.10. The molecule has 1 saturated carbocycles. The zero-order valence-corrected chi connectivity index (χ0v) is 27.2. The Labute approximate surface area is 270 Å². The standard InChI is InChI=1S/C39H41N3O4/c1-7-36(44)40-34-20-26(13-18-32(34)35(43)21-25-11-12-25)19-28-22-29(23-42(6)38(28)46)31-9-8-10-33(24(31)2)41-37(45)27-14-16-30(17-15-27)39(3,4)5/h7-10,13-18,20,22-23,25H,1,11-12,19,21H2,2-6H3,(H,40,44)(H,41,45). The van der Waals surface area contributed by atoms with Crippen molar-refractivity contribution in [1.82, 2.24) is 4.57 Å². The smallest absolute Gasteiger partial charge is 0.255 e. The summed E-state index contributed by atoms with van der Waals surface area (Å²) in [5.74, 6) is -0.188. The molecular formula is C39H41N3O4. The van der Waals surface area contributed by atoms with Crippen LogP contribution in [0, 0.1) is 12.8 Å². The summed E-state index contributed by atoms with van der Waals surface area (Å²) in [5, 5.41) is 5.83. The Kier molecular flexibility index (Phi) is 9.24. The van der Waals surface area contributed by atoms with E-state index in [1.54, 1.807) is 29.9 Å². The van der Waals surface area contributed by atoms with E-state index in [2.05, 4.69) is 38.0 Å². The van der Waals surface area contributed by atoms with Gasteiger partial charge in [0.1, 0.15) is 0 Å². The number of aromatic nitrogens is 1. The summed E-state index contributed by atoms with van der Waals surface area (Å²) in [6.07, 6.45) is 5.83. The number of Topliss-reactive ketones (excluding diaryl/α,β-unsaturated/α-hetero) is 1. The average molecular weight is 616 g/mol. The molecule has 1 aliphatic rings. The molecule has 0 aliphatic heterocycles. The van der Waals surface area contributed by atoms with Crippen LogP contribution < -0.4 is 16.2 Å². The fourth-order valence-corrected chi connectivity index (χ4v) is 5.60. The van der Waals surface area contributed by atoms with Gasteiger partial charge in [-0.05, 0) is 101 Å². The minimum atomic E-state index is -0.403. The number of aryl methyl sites for hydroxylation is 1. The molecule has 0 radical (unpaired) electrons. The zero-order chi connectivity index (χ0) is 33.2. The van der Waals surface area contributed by atoms with E-state index in [-0.39, 0.29) is 22.7 Å². The third-order valence-electron chi connectivity index (χ3n) is 8.56. The van der Waals surface area contributed by atoms with Crippen molar-refractivity contribution in [1.29, 1.82) is 0 Å². The van der Waals surface area contributed by atoms with Gasteiger partial charge in [0.15, 0.2) is 5.78 Å². The van der Waals surface area contributed by atoms with Crippen LogP contribution in [0.2, 0.25) is 0 Å². The molecule has 0 unspecified atom stereocenters. The third-order valence-corrected chi connectivity index (χ3v) is 8.56. The molecule has 5 rings (SSSR count). The predicted molar refractivity (Wildman–Crippen MR) is 185 cm³/mol. The summed E-state index contributed by atoms with van der Waals surface area (Å²) in [4.78, 5) is 51.6. The maximum absolute atomic E-state index is 13.3. The molecule has 1 aromatic heterocycles. The first-order valence-electron chi connectivity index (χ1n) is 15.6. The number of nitrogens with one attached hydrogen (secondary N) is 2. The Balaban J connectivity index is 1.42. The van der Waals surface area contributed by atoms with Crippen LogP contribution in [0.15, 0.2) is 90.4 Å². The third kappa shape index (κ3) is 7.42. The Morgan fingerprint density at radius 1 is 0.957 bits per heavy atom. The highest BCUT2D eigenvalue weighted by Crippen LogP contribution is 2.35. The Bertz CT molecular complexity index is 1890. The topological polar surface area (TPSA) is 97.3 Å². The molecule has 3 aromatic carbocycles. The number of hydrogen-bond donors (Lipinski definition) is 2. The second-order valence-electron chi connectivity index (χ2n) is 13.3. The number of rotatable bonds is 10. The first-order chi connectivity index (χ1) is 21.8. The molecule has 2 amide bonds. The van der Waals surface area contributed by atoms with Crippen LogP contribution in [0.25, 0.3) is 11.1 Å². The van der Waals surface area contributed by atoms with Gasteiger partial charge in [0.25, 0.3) is 11.5 Å². The van der Waals surface area contributed by atoms with Crippen molar-refractivity contribution in [2.75, 3.05) is 10.6 Å². The van der Waals surface area contributed by atoms with E-state index in [1.165, 1.54) is 6.08 Å². The van der Waals surface area contributed by atoms with Gasteiger partial charge < -0.3 is 15.2 Å². The van der Waals surface area contributed by atoms with Crippen LogP contribution in [-0.2, 0) is 23.7 Å². The molecule has 1 fully saturated rings. The Hall–Kier alpha value is -5.04. The van der Waals surface area contributed by atoms with E-state index in [1.807, 2.05) is 61.5 Å². The molecule has 0 atom stereocenters. The van der Waals surface area contributed by atoms with Crippen LogP contribution >= 0.6 is 0 Å². The van der Waals surface area contributed by atoms with E-state index in [9.17, 15) is 19.2 Å². The number of nitrogens with zero attached hydrogens (tertiary/aromatic N) is 1. The number of anilines is 2. The van der Waals surface area contributed by atoms with Crippen molar-refractivity contribution in [3.63, 3.8) is 0 Å². The molecule has 236 valence electrons. The monoisotopic (exact) mass is 615 g/mol. The number of hydrogen-bond acceptors (Lipinski definition) is 4. The van der Waals surface area contributed by atoms with E-state index in [0.29, 0.717) is 46.8 Å². The van der Waals surface area contributed by atoms with Gasteiger partial charge in [0, 0.05) is 48.5 Å². The van der Waals surface area contributed by atoms with Crippen LogP contribution in [0.3, 0.4) is 0 Å². The molecule has 4 aromatic rings. The molecule has 0 bridgehead atoms. The molecule has 7 heteroatoms. The number of pyridine rings is 1. The van der Waals surface area contributed by atoms with Gasteiger partial charge in [0.2, 0.25) is 5.91 Å². The minimum Gasteiger partial charge on any atom is -0.322 e. The highest BCUT2D eigenvalue weighted by atomic mass is 16.2. The van der Waals surface area contributed by atoms with Gasteiger partial charge in [-0.3, -0.25) is 19.2 Å². The summed E-state index contributed by atoms with van der Waals surface area (Å²) < 4.78 is 1.56. The summed E-state index contributed by atoms with van der Waals surface area (Å²) in [6.45, 7) is 11.9. The van der Waals surface area contributed by atoms with E-state index < -0.39 is 5.91 Å². The lowest BCUT2D eigenvalue weighted by Crippen LogP contribution is -2.21. The quantitative estimate of drug-likeness (QED) is 0.142. The van der Waals surface area contributed by atoms with Crippen LogP contribution in [-0.4, -0.2) is 22.2 Å². The van der Waals surface area contributed by atoms with E-state index >= 15 is 0 Å². The molecule has 2 N–H and O–H groups in total. The molecule has 1 heterocycles. The van der Waals surface area contributed by atoms with Crippen LogP contribution in [0.4, 0.5) is 11.4 Å². The predicted octanol–water partition coefficient (Wildman–Crippen LogP) is 7.61. The maximum Gasteiger partial charge on any atom is 0.255 e. The second-order valence-corrected chi connectivity index (χ2v) is 13.3. The lowest BCUT2D eigenvalue weighted by Gasteiger charge is -2.19. The normalized spacial score (nSPS) is 12.8. The minimum absolute atomic E-state index is 0.00365. The molecule has 7 nitrogen and oxygen atoms in total. The van der Waals surface area contributed by atoms with Crippen molar-refractivity contribution < 1.29 is 14.4 Å². The summed E-state index contributed by atoms with van der Waals surface area (Å²) >= 11 is 0. The number of carbonyl (C=O) groups is 3. The first kappa shape index (κ1) is 32.4. The second kappa shape index (κ2) is 13.1. The van der Waals surface area contributed by atoms with E-state index in [0.717, 1.165) is 40.7 Å². The van der Waals surface area contributed by atoms with Gasteiger partial charge >= 0.3 is 0 Å². The van der Waals surface area contributed by atoms with Crippen LogP contribution in [0.1, 0.15) is 83.0 Å². The van der Waals surface area contributed by atoms with Crippen molar-refractivity contribution in [3.8, 4) is 11.1 Å². The average Bonchev–Trinajstić information content (AvgIpc) is 3.84. The van der Waals surface area contributed by atoms with Gasteiger partial charge in [-0.15, -0.1) is 0 Å². The fraction of sp³-hybridized carbons (Fsp3) is 0.282. The highest BCUT2D eigenvalue weighted by Gasteiger charge is 2.26. The van der Waals surface area contributed by atoms with Crippen molar-refractivity contribution in [2.45, 2.75) is 58.8 Å². The molecule has 0 saturated heterocycles. The fourth-order valence-electron chi connectivity index (χ4n) is 5.60. The lowest BCUT2D eigenvalue weighted by atomic mass is 9.86. The maximum atomic E-state index is 13.3. The number of carbonyl (C=O) groups excluding carboxylic acids is 3. The van der Waals surface area contributed by atoms with Crippen molar-refractivity contribution in [3.05, 3.63) is 129 Å². The van der Waals surface area contributed by atoms with Gasteiger partial charge in [0.05, 0.1) is 5.69 Å². The SMILES string of the molecule is C=CC(=O)Nc1cc(Cc2cc(-c3cccc(NC(=O)c4ccc(C(C)(C)C)cc4)c3C)cn(C)c2=O)ccc1C(=O)CC1CC1. The molecular weight excluding hydrogens is 574 g/mol. The van der Waals surface area contributed by atoms with Crippen LogP contribution in [0.5, 0.6) is 0 Å². The zero-order valence-electron chi connectivity index (χ0n) is 27.2. The Morgan fingerprint density at radius 2 is 1.67 bits per heavy atom. The number of amides is 2. The van der Waals surface area contributed by atoms with Crippen molar-refractivity contribution >= 4 is 29.0 Å². The molecule has 0 spiro atoms. The summed E-state index contributed by atoms with van der Waals surface area (Å²) in [6, 6.07) is 20.6. The summed E-state index contributed by atoms with van der Waals surface area (Å²) in [7, 11) is 1.72. The van der Waals surface area contributed by atoms with E-state index in [4.69, 9.17) is 0 Å². The highest BCUT2D eigenvalue weighted by molar-refractivity contribution is 6.07. The van der Waals surface area contributed by atoms with Gasteiger partial charge in [-0.25, -0.2) is 0 Å². The number of ketones is 1.